The lowest BCUT2D eigenvalue weighted by Gasteiger charge is -2.63. The van der Waals surface area contributed by atoms with Crippen molar-refractivity contribution >= 4 is 0 Å². The van der Waals surface area contributed by atoms with Crippen LogP contribution < -0.4 is 0 Å². The van der Waals surface area contributed by atoms with Crippen molar-refractivity contribution < 1.29 is 17.6 Å². The molecule has 144 valence electrons. The van der Waals surface area contributed by atoms with Gasteiger partial charge in [0.15, 0.2) is 0 Å². The molecule has 4 unspecified atom stereocenters. The van der Waals surface area contributed by atoms with Crippen LogP contribution in [-0.4, -0.2) is 57.9 Å². The maximum absolute atomic E-state index is 13.8. The number of fused-ring (bicyclic) bond motifs is 2. The van der Waals surface area contributed by atoms with Crippen molar-refractivity contribution in [1.82, 2.24) is 9.80 Å². The van der Waals surface area contributed by atoms with Crippen LogP contribution >= 0.6 is 0 Å². The van der Waals surface area contributed by atoms with Gasteiger partial charge >= 0.3 is 0 Å². The molecule has 1 spiro atoms. The van der Waals surface area contributed by atoms with Gasteiger partial charge in [-0.1, -0.05) is 0 Å². The van der Waals surface area contributed by atoms with Gasteiger partial charge in [-0.15, -0.1) is 0 Å². The normalized spacial score (nSPS) is 38.2. The Labute approximate surface area is 147 Å². The van der Waals surface area contributed by atoms with Gasteiger partial charge in [-0.25, -0.2) is 17.6 Å². The average Bonchev–Trinajstić information content (AvgIpc) is 2.73. The Bertz CT molecular complexity index is 500. The van der Waals surface area contributed by atoms with Crippen LogP contribution in [0, 0.1) is 0 Å². The molecule has 4 rings (SSSR count). The van der Waals surface area contributed by atoms with E-state index < -0.39 is 11.8 Å². The maximum atomic E-state index is 13.8. The summed E-state index contributed by atoms with van der Waals surface area (Å²) in [6, 6.07) is 0.659. The number of alkyl halides is 4. The van der Waals surface area contributed by atoms with Gasteiger partial charge in [0, 0.05) is 61.9 Å². The molecule has 1 saturated carbocycles. The van der Waals surface area contributed by atoms with Crippen molar-refractivity contribution in [3.8, 4) is 0 Å². The zero-order valence-corrected chi connectivity index (χ0v) is 15.3. The second-order valence-electron chi connectivity index (χ2n) is 9.25. The van der Waals surface area contributed by atoms with E-state index in [-0.39, 0.29) is 43.3 Å². The summed E-state index contributed by atoms with van der Waals surface area (Å²) in [4.78, 5) is 4.61. The number of hydrogen-bond acceptors (Lipinski definition) is 2. The quantitative estimate of drug-likeness (QED) is 0.655. The van der Waals surface area contributed by atoms with Crippen LogP contribution in [0.1, 0.15) is 71.6 Å². The zero-order valence-electron chi connectivity index (χ0n) is 15.3. The van der Waals surface area contributed by atoms with Crippen molar-refractivity contribution in [1.29, 1.82) is 0 Å². The second-order valence-corrected chi connectivity index (χ2v) is 9.25. The van der Waals surface area contributed by atoms with Gasteiger partial charge in [0.05, 0.1) is 0 Å². The van der Waals surface area contributed by atoms with E-state index in [4.69, 9.17) is 0 Å². The van der Waals surface area contributed by atoms with E-state index in [1.165, 1.54) is 0 Å². The molecule has 3 saturated heterocycles. The van der Waals surface area contributed by atoms with Gasteiger partial charge in [0.1, 0.15) is 0 Å². The number of rotatable bonds is 5. The Kier molecular flexibility index (Phi) is 4.19. The third kappa shape index (κ3) is 3.11. The maximum Gasteiger partial charge on any atom is 0.251 e. The molecule has 25 heavy (non-hydrogen) atoms. The number of likely N-dealkylation sites (tertiary alicyclic amines) is 1. The number of halogens is 4. The summed E-state index contributed by atoms with van der Waals surface area (Å²) in [5.41, 5.74) is -0.238. The van der Waals surface area contributed by atoms with E-state index >= 15 is 0 Å². The number of hydrogen-bond donors (Lipinski definition) is 0. The van der Waals surface area contributed by atoms with Crippen molar-refractivity contribution in [2.24, 2.45) is 0 Å². The molecule has 1 aliphatic carbocycles. The Hall–Kier alpha value is -0.360. The highest BCUT2D eigenvalue weighted by molar-refractivity contribution is 5.13. The highest BCUT2D eigenvalue weighted by Crippen LogP contribution is 2.56. The molecule has 0 amide bonds. The average molecular weight is 362 g/mol. The largest absolute Gasteiger partial charge is 0.294 e. The Balaban J connectivity index is 1.29. The molecule has 3 aliphatic heterocycles. The van der Waals surface area contributed by atoms with E-state index in [2.05, 4.69) is 23.6 Å². The Morgan fingerprint density at radius 1 is 0.880 bits per heavy atom. The van der Waals surface area contributed by atoms with Crippen LogP contribution in [0.5, 0.6) is 0 Å². The molecule has 0 aromatic carbocycles. The van der Waals surface area contributed by atoms with E-state index in [9.17, 15) is 17.6 Å². The first-order valence-electron chi connectivity index (χ1n) is 9.91. The van der Waals surface area contributed by atoms with Crippen LogP contribution in [0.3, 0.4) is 0 Å². The van der Waals surface area contributed by atoms with E-state index in [0.717, 1.165) is 38.6 Å². The van der Waals surface area contributed by atoms with Gasteiger partial charge in [-0.05, 0) is 46.0 Å². The highest BCUT2D eigenvalue weighted by Gasteiger charge is 2.63. The smallest absolute Gasteiger partial charge is 0.251 e. The number of piperidine rings is 1. The van der Waals surface area contributed by atoms with Crippen LogP contribution in [0.25, 0.3) is 0 Å². The summed E-state index contributed by atoms with van der Waals surface area (Å²) < 4.78 is 54.1. The van der Waals surface area contributed by atoms with Crippen LogP contribution in [0.15, 0.2) is 0 Å². The first-order valence-corrected chi connectivity index (χ1v) is 9.91. The minimum Gasteiger partial charge on any atom is -0.294 e. The van der Waals surface area contributed by atoms with Crippen molar-refractivity contribution in [2.75, 3.05) is 6.54 Å². The summed E-state index contributed by atoms with van der Waals surface area (Å²) in [5, 5.41) is 0. The van der Waals surface area contributed by atoms with Gasteiger partial charge in [-0.3, -0.25) is 9.80 Å². The molecule has 3 heterocycles. The molecular formula is C19H30F4N2. The summed E-state index contributed by atoms with van der Waals surface area (Å²) in [7, 11) is 0. The molecule has 4 atom stereocenters. The molecule has 0 aromatic rings. The van der Waals surface area contributed by atoms with E-state index in [1.54, 1.807) is 0 Å². The van der Waals surface area contributed by atoms with Gasteiger partial charge in [0.25, 0.3) is 11.8 Å². The molecule has 0 radical (unpaired) electrons. The standard InChI is InChI=1S/C19H30F4N2/c1-13(24-8-7-17(24)11-19(22,23)12-17)3-4-14(2)25-15-5-6-16(25)10-18(20,21)9-15/h13-16H,3-12H2,1-2H3. The molecule has 4 aliphatic rings. The fourth-order valence-corrected chi connectivity index (χ4v) is 6.21. The van der Waals surface area contributed by atoms with Crippen LogP contribution in [0.2, 0.25) is 0 Å². The lowest BCUT2D eigenvalue weighted by atomic mass is 9.64. The second kappa shape index (κ2) is 5.82. The summed E-state index contributed by atoms with van der Waals surface area (Å²) >= 11 is 0. The van der Waals surface area contributed by atoms with Crippen molar-refractivity contribution in [2.45, 2.75) is 113 Å². The first kappa shape index (κ1) is 18.0. The molecule has 0 N–H and O–H groups in total. The lowest BCUT2D eigenvalue weighted by Crippen LogP contribution is -2.72. The summed E-state index contributed by atoms with van der Waals surface area (Å²) in [5.74, 6) is -4.96. The fourth-order valence-electron chi connectivity index (χ4n) is 6.21. The monoisotopic (exact) mass is 362 g/mol. The molecule has 0 aromatic heterocycles. The molecule has 4 fully saturated rings. The Morgan fingerprint density at radius 2 is 1.44 bits per heavy atom. The van der Waals surface area contributed by atoms with Gasteiger partial charge < -0.3 is 0 Å². The topological polar surface area (TPSA) is 6.48 Å². The summed E-state index contributed by atoms with van der Waals surface area (Å²) in [6.45, 7) is 5.22. The molecular weight excluding hydrogens is 332 g/mol. The SMILES string of the molecule is CC(CCC(C)N1CCC12CC(F)(F)C2)N1C2CCC1CC(F)(F)C2. The number of nitrogens with zero attached hydrogens (tertiary/aromatic N) is 2. The van der Waals surface area contributed by atoms with Gasteiger partial charge in [-0.2, -0.15) is 0 Å². The Morgan fingerprint density at radius 3 is 1.92 bits per heavy atom. The first-order chi connectivity index (χ1) is 11.6. The lowest BCUT2D eigenvalue weighted by molar-refractivity contribution is -0.225. The van der Waals surface area contributed by atoms with Crippen LogP contribution in [0.4, 0.5) is 17.6 Å². The van der Waals surface area contributed by atoms with Gasteiger partial charge in [0.2, 0.25) is 0 Å². The molecule has 2 nitrogen and oxygen atoms in total. The molecule has 2 bridgehead atoms. The minimum absolute atomic E-state index is 0.00765. The third-order valence-electron chi connectivity index (χ3n) is 7.39. The van der Waals surface area contributed by atoms with E-state index in [0.29, 0.717) is 12.1 Å². The van der Waals surface area contributed by atoms with E-state index in [1.807, 2.05) is 0 Å². The predicted octanol–water partition coefficient (Wildman–Crippen LogP) is 4.68. The zero-order chi connectivity index (χ0) is 18.0. The van der Waals surface area contributed by atoms with Crippen molar-refractivity contribution in [3.63, 3.8) is 0 Å². The minimum atomic E-state index is -2.49. The molecule has 6 heteroatoms. The van der Waals surface area contributed by atoms with Crippen LogP contribution in [-0.2, 0) is 0 Å². The van der Waals surface area contributed by atoms with Crippen molar-refractivity contribution in [3.05, 3.63) is 0 Å². The third-order valence-corrected chi connectivity index (χ3v) is 7.39. The predicted molar refractivity (Wildman–Crippen MR) is 89.2 cm³/mol. The fraction of sp³-hybridized carbons (Fsp3) is 1.00. The summed E-state index contributed by atoms with van der Waals surface area (Å²) in [6.07, 6.45) is 4.66. The highest BCUT2D eigenvalue weighted by atomic mass is 19.3.